The molecule has 0 aromatic heterocycles. The van der Waals surface area contributed by atoms with Crippen molar-refractivity contribution in [3.63, 3.8) is 0 Å². The number of carbonyl (C=O) groups is 3. The van der Waals surface area contributed by atoms with E-state index in [9.17, 15) is 24.6 Å². The highest BCUT2D eigenvalue weighted by Crippen LogP contribution is 2.67. The third kappa shape index (κ3) is 5.19. The number of hydrazine groups is 1. The second-order valence-corrected chi connectivity index (χ2v) is 12.4. The third-order valence-electron chi connectivity index (χ3n) is 9.56. The molecule has 0 aromatic carbocycles. The van der Waals surface area contributed by atoms with E-state index in [0.717, 1.165) is 19.3 Å². The summed E-state index contributed by atoms with van der Waals surface area (Å²) in [7, 11) is 0. The number of nitrogens with zero attached hydrogens (tertiary/aromatic N) is 1. The van der Waals surface area contributed by atoms with Crippen LogP contribution < -0.4 is 5.43 Å². The van der Waals surface area contributed by atoms with Crippen molar-refractivity contribution in [2.75, 3.05) is 13.1 Å². The highest BCUT2D eigenvalue weighted by atomic mass is 16.7. The van der Waals surface area contributed by atoms with Gasteiger partial charge in [-0.1, -0.05) is 40.2 Å². The Labute approximate surface area is 220 Å². The number of fused-ring (bicyclic) bond motifs is 1. The SMILES string of the molecule is C=C[C@@H](C)CC(=O)[C@]1(O)[C@@H](C)[C@H](OC(C)=O)C[C@H]2C(C)(C)CC[C@](O)(OC(=O)NN3CCCCC3)[C@@]21C. The Morgan fingerprint density at radius 3 is 2.32 bits per heavy atom. The smallest absolute Gasteiger partial charge is 0.424 e. The van der Waals surface area contributed by atoms with Gasteiger partial charge < -0.3 is 19.7 Å². The summed E-state index contributed by atoms with van der Waals surface area (Å²) in [5, 5.41) is 26.5. The highest BCUT2D eigenvalue weighted by Gasteiger charge is 2.76. The molecule has 2 aliphatic carbocycles. The molecule has 0 radical (unpaired) electrons. The Bertz CT molecular complexity index is 901. The topological polar surface area (TPSA) is 125 Å². The largest absolute Gasteiger partial charge is 0.462 e. The Morgan fingerprint density at radius 2 is 1.76 bits per heavy atom. The van der Waals surface area contributed by atoms with Crippen LogP contribution in [0.5, 0.6) is 0 Å². The van der Waals surface area contributed by atoms with E-state index < -0.39 is 58.0 Å². The number of allylic oxidation sites excluding steroid dienone is 1. The quantitative estimate of drug-likeness (QED) is 0.262. The number of Topliss-reactive ketones (excluding diaryl/α,β-unsaturated/α-hetero) is 1. The number of rotatable bonds is 7. The Balaban J connectivity index is 2.08. The average molecular weight is 523 g/mol. The van der Waals surface area contributed by atoms with Crippen molar-refractivity contribution in [1.29, 1.82) is 0 Å². The maximum absolute atomic E-state index is 14.0. The molecule has 3 aliphatic rings. The van der Waals surface area contributed by atoms with Gasteiger partial charge in [0.05, 0.1) is 5.41 Å². The lowest BCUT2D eigenvalue weighted by molar-refractivity contribution is -0.357. The van der Waals surface area contributed by atoms with Gasteiger partial charge in [-0.05, 0) is 49.9 Å². The number of nitrogens with one attached hydrogen (secondary N) is 1. The maximum Gasteiger partial charge on any atom is 0.424 e. The zero-order valence-electron chi connectivity index (χ0n) is 23.3. The van der Waals surface area contributed by atoms with Crippen molar-refractivity contribution >= 4 is 17.8 Å². The molecule has 1 amide bonds. The Hall–Kier alpha value is -1.97. The number of ketones is 1. The molecular weight excluding hydrogens is 476 g/mol. The molecule has 7 atom stereocenters. The lowest BCUT2D eigenvalue weighted by Gasteiger charge is -2.67. The lowest BCUT2D eigenvalue weighted by atomic mass is 9.41. The second-order valence-electron chi connectivity index (χ2n) is 12.4. The number of carbonyl (C=O) groups excluding carboxylic acids is 3. The number of amides is 1. The summed E-state index contributed by atoms with van der Waals surface area (Å²) in [4.78, 5) is 39.0. The minimum atomic E-state index is -2.15. The molecule has 37 heavy (non-hydrogen) atoms. The van der Waals surface area contributed by atoms with Crippen molar-refractivity contribution in [2.24, 2.45) is 28.6 Å². The highest BCUT2D eigenvalue weighted by molar-refractivity contribution is 5.89. The molecule has 9 nitrogen and oxygen atoms in total. The molecule has 0 aromatic rings. The molecule has 210 valence electrons. The van der Waals surface area contributed by atoms with Crippen LogP contribution in [0, 0.1) is 28.6 Å². The van der Waals surface area contributed by atoms with Crippen LogP contribution in [0.3, 0.4) is 0 Å². The van der Waals surface area contributed by atoms with E-state index in [4.69, 9.17) is 9.47 Å². The normalized spacial score (nSPS) is 38.5. The van der Waals surface area contributed by atoms with E-state index in [-0.39, 0.29) is 18.8 Å². The van der Waals surface area contributed by atoms with Gasteiger partial charge in [0, 0.05) is 38.8 Å². The minimum Gasteiger partial charge on any atom is -0.462 e. The van der Waals surface area contributed by atoms with Crippen molar-refractivity contribution in [3.8, 4) is 0 Å². The lowest BCUT2D eigenvalue weighted by Crippen LogP contribution is -2.78. The van der Waals surface area contributed by atoms with Crippen LogP contribution >= 0.6 is 0 Å². The summed E-state index contributed by atoms with van der Waals surface area (Å²) >= 11 is 0. The maximum atomic E-state index is 14.0. The van der Waals surface area contributed by atoms with Crippen LogP contribution in [-0.4, -0.2) is 63.6 Å². The molecule has 0 spiro atoms. The number of hydrogen-bond donors (Lipinski definition) is 3. The van der Waals surface area contributed by atoms with Crippen LogP contribution in [0.1, 0.15) is 86.5 Å². The average Bonchev–Trinajstić information content (AvgIpc) is 2.82. The zero-order chi connectivity index (χ0) is 27.8. The Kier molecular flexibility index (Phi) is 8.52. The van der Waals surface area contributed by atoms with Crippen molar-refractivity contribution < 1.29 is 34.1 Å². The van der Waals surface area contributed by atoms with Crippen LogP contribution in [-0.2, 0) is 19.1 Å². The van der Waals surface area contributed by atoms with Gasteiger partial charge in [-0.15, -0.1) is 6.58 Å². The molecule has 1 aliphatic heterocycles. The van der Waals surface area contributed by atoms with Gasteiger partial charge in [-0.3, -0.25) is 15.0 Å². The number of hydrogen-bond acceptors (Lipinski definition) is 8. The fourth-order valence-corrected chi connectivity index (χ4v) is 7.18. The second kappa shape index (κ2) is 10.7. The van der Waals surface area contributed by atoms with Gasteiger partial charge >= 0.3 is 12.1 Å². The first-order chi connectivity index (χ1) is 17.1. The van der Waals surface area contributed by atoms with E-state index in [1.807, 2.05) is 20.8 Å². The van der Waals surface area contributed by atoms with Gasteiger partial charge in [0.1, 0.15) is 11.7 Å². The van der Waals surface area contributed by atoms with Gasteiger partial charge in [-0.25, -0.2) is 9.80 Å². The summed E-state index contributed by atoms with van der Waals surface area (Å²) in [5.41, 5.74) is -1.44. The van der Waals surface area contributed by atoms with E-state index in [2.05, 4.69) is 12.0 Å². The van der Waals surface area contributed by atoms with Crippen LogP contribution in [0.25, 0.3) is 0 Å². The van der Waals surface area contributed by atoms with Gasteiger partial charge in [0.25, 0.3) is 0 Å². The molecular formula is C28H46N2O7. The summed E-state index contributed by atoms with van der Waals surface area (Å²) < 4.78 is 11.5. The number of piperidine rings is 1. The molecule has 1 saturated heterocycles. The fourth-order valence-electron chi connectivity index (χ4n) is 7.18. The van der Waals surface area contributed by atoms with Crippen molar-refractivity contribution in [3.05, 3.63) is 12.7 Å². The first-order valence-electron chi connectivity index (χ1n) is 13.6. The van der Waals surface area contributed by atoms with Gasteiger partial charge in [0.15, 0.2) is 5.78 Å². The molecule has 0 bridgehead atoms. The number of esters is 1. The van der Waals surface area contributed by atoms with Crippen molar-refractivity contribution in [2.45, 2.75) is 104 Å². The summed E-state index contributed by atoms with van der Waals surface area (Å²) in [6.07, 6.45) is 3.90. The first kappa shape index (κ1) is 29.6. The molecule has 3 rings (SSSR count). The predicted octanol–water partition coefficient (Wildman–Crippen LogP) is 3.73. The monoisotopic (exact) mass is 522 g/mol. The first-order valence-corrected chi connectivity index (χ1v) is 13.6. The summed E-state index contributed by atoms with van der Waals surface area (Å²) in [6.45, 7) is 15.6. The summed E-state index contributed by atoms with van der Waals surface area (Å²) in [5.74, 6) is -4.72. The van der Waals surface area contributed by atoms with E-state index in [0.29, 0.717) is 25.9 Å². The standard InChI is InChI=1S/C28H46N2O7/c1-8-18(2)16-23(32)28(35)19(3)21(36-20(4)31)17-22-25(5,6)12-13-27(34,26(22,28)7)37-24(33)29-30-14-10-9-11-15-30/h8,18-19,21-22,34-35H,1,9-17H2,2-7H3,(H,29,33)/t18-,19+,21-,22+,26-,27+,28-/m1/s1. The zero-order valence-corrected chi connectivity index (χ0v) is 23.3. The number of aliphatic hydroxyl groups is 2. The van der Waals surface area contributed by atoms with Crippen LogP contribution in [0.2, 0.25) is 0 Å². The van der Waals surface area contributed by atoms with E-state index in [1.54, 1.807) is 24.9 Å². The van der Waals surface area contributed by atoms with E-state index >= 15 is 0 Å². The van der Waals surface area contributed by atoms with Crippen LogP contribution in [0.15, 0.2) is 12.7 Å². The minimum absolute atomic E-state index is 0.0179. The predicted molar refractivity (Wildman–Crippen MR) is 138 cm³/mol. The summed E-state index contributed by atoms with van der Waals surface area (Å²) in [6, 6.07) is 0. The molecule has 9 heteroatoms. The van der Waals surface area contributed by atoms with E-state index in [1.165, 1.54) is 6.92 Å². The van der Waals surface area contributed by atoms with Gasteiger partial charge in [0.2, 0.25) is 5.79 Å². The Morgan fingerprint density at radius 1 is 1.14 bits per heavy atom. The van der Waals surface area contributed by atoms with Crippen LogP contribution in [0.4, 0.5) is 4.79 Å². The fraction of sp³-hybridized carbons (Fsp3) is 0.821. The molecule has 3 fully saturated rings. The van der Waals surface area contributed by atoms with Crippen molar-refractivity contribution in [1.82, 2.24) is 10.4 Å². The number of ether oxygens (including phenoxy) is 2. The van der Waals surface area contributed by atoms with Gasteiger partial charge in [-0.2, -0.15) is 0 Å². The third-order valence-corrected chi connectivity index (χ3v) is 9.56. The molecule has 0 unspecified atom stereocenters. The molecule has 1 heterocycles. The molecule has 2 saturated carbocycles. The molecule has 3 N–H and O–H groups in total.